The number of benzene rings is 1. The van der Waals surface area contributed by atoms with Crippen LogP contribution in [0.1, 0.15) is 22.9 Å². The number of hydrogen-bond acceptors (Lipinski definition) is 4. The van der Waals surface area contributed by atoms with Crippen LogP contribution in [0.15, 0.2) is 41.0 Å². The molecular weight excluding hydrogens is 284 g/mol. The van der Waals surface area contributed by atoms with E-state index in [-0.39, 0.29) is 6.61 Å². The molecule has 0 aliphatic rings. The zero-order valence-electron chi connectivity index (χ0n) is 12.4. The van der Waals surface area contributed by atoms with Crippen molar-refractivity contribution in [2.24, 2.45) is 0 Å². The van der Waals surface area contributed by atoms with Crippen LogP contribution in [0.5, 0.6) is 0 Å². The lowest BCUT2D eigenvalue weighted by molar-refractivity contribution is -0.136. The van der Waals surface area contributed by atoms with Crippen LogP contribution < -0.4 is 10.6 Å². The topological polar surface area (TPSA) is 91.6 Å². The average Bonchev–Trinajstić information content (AvgIpc) is 2.97. The molecule has 0 aliphatic carbocycles. The largest absolute Gasteiger partial charge is 0.467 e. The summed E-state index contributed by atoms with van der Waals surface area (Å²) in [7, 11) is 0. The third-order valence-electron chi connectivity index (χ3n) is 3.06. The predicted molar refractivity (Wildman–Crippen MR) is 81.2 cm³/mol. The van der Waals surface area contributed by atoms with Gasteiger partial charge in [-0.15, -0.1) is 0 Å². The molecule has 6 heteroatoms. The number of carbonyl (C=O) groups is 2. The molecule has 1 heterocycles. The maximum absolute atomic E-state index is 11.9. The maximum atomic E-state index is 11.9. The number of amides is 2. The summed E-state index contributed by atoms with van der Waals surface area (Å²) in [5.41, 5.74) is 2.52. The van der Waals surface area contributed by atoms with E-state index >= 15 is 0 Å². The molecule has 0 fully saturated rings. The van der Waals surface area contributed by atoms with Gasteiger partial charge in [-0.05, 0) is 49.2 Å². The zero-order chi connectivity index (χ0) is 16.1. The summed E-state index contributed by atoms with van der Waals surface area (Å²) in [6, 6.07) is 8.01. The van der Waals surface area contributed by atoms with Gasteiger partial charge in [0.1, 0.15) is 11.8 Å². The molecular formula is C16H18N2O4. The van der Waals surface area contributed by atoms with Gasteiger partial charge >= 0.3 is 11.8 Å². The van der Waals surface area contributed by atoms with E-state index in [1.807, 2.05) is 19.9 Å². The maximum Gasteiger partial charge on any atom is 0.313 e. The fourth-order valence-corrected chi connectivity index (χ4v) is 2.15. The van der Waals surface area contributed by atoms with Crippen molar-refractivity contribution in [1.29, 1.82) is 0 Å². The minimum Gasteiger partial charge on any atom is -0.467 e. The number of anilines is 1. The van der Waals surface area contributed by atoms with E-state index in [1.54, 1.807) is 24.3 Å². The van der Waals surface area contributed by atoms with Gasteiger partial charge in [0.05, 0.1) is 12.9 Å². The van der Waals surface area contributed by atoms with Gasteiger partial charge in [-0.3, -0.25) is 9.59 Å². The minimum atomic E-state index is -0.838. The van der Waals surface area contributed by atoms with Crippen LogP contribution in [0.3, 0.4) is 0 Å². The number of aryl methyl sites for hydroxylation is 2. The highest BCUT2D eigenvalue weighted by atomic mass is 16.3. The third kappa shape index (κ3) is 3.95. The van der Waals surface area contributed by atoms with Crippen molar-refractivity contribution in [2.45, 2.75) is 19.9 Å². The van der Waals surface area contributed by atoms with E-state index in [0.29, 0.717) is 11.4 Å². The van der Waals surface area contributed by atoms with Crippen LogP contribution in [0.4, 0.5) is 5.69 Å². The molecule has 0 saturated heterocycles. The quantitative estimate of drug-likeness (QED) is 0.749. The molecule has 1 unspecified atom stereocenters. The number of carbonyl (C=O) groups excluding carboxylic acids is 2. The van der Waals surface area contributed by atoms with E-state index in [9.17, 15) is 14.7 Å². The minimum absolute atomic E-state index is 0.365. The van der Waals surface area contributed by atoms with Gasteiger partial charge in [0, 0.05) is 5.69 Å². The summed E-state index contributed by atoms with van der Waals surface area (Å²) >= 11 is 0. The first-order valence-electron chi connectivity index (χ1n) is 6.84. The second-order valence-electron chi connectivity index (χ2n) is 5.05. The molecule has 0 aliphatic heterocycles. The zero-order valence-corrected chi connectivity index (χ0v) is 12.4. The van der Waals surface area contributed by atoms with Crippen molar-refractivity contribution in [2.75, 3.05) is 11.9 Å². The van der Waals surface area contributed by atoms with Crippen molar-refractivity contribution >= 4 is 17.5 Å². The smallest absolute Gasteiger partial charge is 0.313 e. The molecule has 0 saturated carbocycles. The van der Waals surface area contributed by atoms with Crippen LogP contribution >= 0.6 is 0 Å². The fourth-order valence-electron chi connectivity index (χ4n) is 2.15. The first-order chi connectivity index (χ1) is 10.5. The Kier molecular flexibility index (Phi) is 4.95. The van der Waals surface area contributed by atoms with Gasteiger partial charge in [-0.25, -0.2) is 0 Å². The number of nitrogens with one attached hydrogen (secondary N) is 2. The Bertz CT molecular complexity index is 645. The first-order valence-corrected chi connectivity index (χ1v) is 6.84. The molecule has 1 atom stereocenters. The fraction of sp³-hybridized carbons (Fsp3) is 0.250. The Hall–Kier alpha value is -2.60. The van der Waals surface area contributed by atoms with Gasteiger partial charge < -0.3 is 20.2 Å². The summed E-state index contributed by atoms with van der Waals surface area (Å²) in [5, 5.41) is 14.2. The lowest BCUT2D eigenvalue weighted by atomic mass is 10.1. The normalized spacial score (nSPS) is 11.8. The lowest BCUT2D eigenvalue weighted by Gasteiger charge is -2.14. The Morgan fingerprint density at radius 2 is 1.86 bits per heavy atom. The number of furan rings is 1. The predicted octanol–water partition coefficient (Wildman–Crippen LogP) is 1.68. The average molecular weight is 302 g/mol. The SMILES string of the molecule is Cc1cc(C)cc(NC(=O)C(=O)NC(CO)c2ccco2)c1. The molecule has 1 aromatic carbocycles. The lowest BCUT2D eigenvalue weighted by Crippen LogP contribution is -2.38. The molecule has 2 aromatic rings. The molecule has 3 N–H and O–H groups in total. The molecule has 0 spiro atoms. The molecule has 0 bridgehead atoms. The highest BCUT2D eigenvalue weighted by Gasteiger charge is 2.21. The molecule has 2 amide bonds. The second-order valence-corrected chi connectivity index (χ2v) is 5.05. The summed E-state index contributed by atoms with van der Waals surface area (Å²) < 4.78 is 5.11. The van der Waals surface area contributed by atoms with E-state index in [1.165, 1.54) is 6.26 Å². The Morgan fingerprint density at radius 3 is 2.41 bits per heavy atom. The third-order valence-corrected chi connectivity index (χ3v) is 3.06. The number of rotatable bonds is 4. The summed E-state index contributed by atoms with van der Waals surface area (Å²) in [6.45, 7) is 3.44. The Balaban J connectivity index is 2.01. The van der Waals surface area contributed by atoms with Gasteiger partial charge in [0.2, 0.25) is 0 Å². The van der Waals surface area contributed by atoms with Crippen LogP contribution in [0.25, 0.3) is 0 Å². The van der Waals surface area contributed by atoms with Gasteiger partial charge in [-0.1, -0.05) is 6.07 Å². The van der Waals surface area contributed by atoms with Crippen molar-refractivity contribution in [1.82, 2.24) is 5.32 Å². The van der Waals surface area contributed by atoms with Crippen molar-refractivity contribution in [3.05, 3.63) is 53.5 Å². The molecule has 2 rings (SSSR count). The van der Waals surface area contributed by atoms with E-state index < -0.39 is 17.9 Å². The van der Waals surface area contributed by atoms with Gasteiger partial charge in [-0.2, -0.15) is 0 Å². The Labute approximate surface area is 128 Å². The van der Waals surface area contributed by atoms with E-state index in [4.69, 9.17) is 4.42 Å². The molecule has 116 valence electrons. The Morgan fingerprint density at radius 1 is 1.18 bits per heavy atom. The van der Waals surface area contributed by atoms with Gasteiger partial charge in [0.15, 0.2) is 0 Å². The van der Waals surface area contributed by atoms with Crippen molar-refractivity contribution < 1.29 is 19.1 Å². The highest BCUT2D eigenvalue weighted by Crippen LogP contribution is 2.15. The monoisotopic (exact) mass is 302 g/mol. The standard InChI is InChI=1S/C16H18N2O4/c1-10-6-11(2)8-12(7-10)17-15(20)16(21)18-13(9-19)14-4-3-5-22-14/h3-8,13,19H,9H2,1-2H3,(H,17,20)(H,18,21). The molecule has 1 aromatic heterocycles. The number of hydrogen-bond donors (Lipinski definition) is 3. The summed E-state index contributed by atoms with van der Waals surface area (Å²) in [4.78, 5) is 23.8. The molecule has 6 nitrogen and oxygen atoms in total. The van der Waals surface area contributed by atoms with Crippen LogP contribution in [0, 0.1) is 13.8 Å². The second kappa shape index (κ2) is 6.91. The van der Waals surface area contributed by atoms with Crippen molar-refractivity contribution in [3.8, 4) is 0 Å². The van der Waals surface area contributed by atoms with Crippen LogP contribution in [0.2, 0.25) is 0 Å². The van der Waals surface area contributed by atoms with Crippen LogP contribution in [-0.4, -0.2) is 23.5 Å². The van der Waals surface area contributed by atoms with E-state index in [0.717, 1.165) is 11.1 Å². The number of aliphatic hydroxyl groups excluding tert-OH is 1. The van der Waals surface area contributed by atoms with Gasteiger partial charge in [0.25, 0.3) is 0 Å². The first kappa shape index (κ1) is 15.8. The summed E-state index contributed by atoms with van der Waals surface area (Å²) in [6.07, 6.45) is 1.43. The number of aliphatic hydroxyl groups is 1. The molecule has 0 radical (unpaired) electrons. The van der Waals surface area contributed by atoms with Crippen molar-refractivity contribution in [3.63, 3.8) is 0 Å². The summed E-state index contributed by atoms with van der Waals surface area (Å²) in [5.74, 6) is -1.25. The van der Waals surface area contributed by atoms with Crippen LogP contribution in [-0.2, 0) is 9.59 Å². The molecule has 22 heavy (non-hydrogen) atoms. The van der Waals surface area contributed by atoms with E-state index in [2.05, 4.69) is 10.6 Å². The highest BCUT2D eigenvalue weighted by molar-refractivity contribution is 6.39.